The second-order valence-electron chi connectivity index (χ2n) is 5.79. The molecule has 0 radical (unpaired) electrons. The van der Waals surface area contributed by atoms with E-state index in [9.17, 15) is 9.59 Å². The molecule has 0 aromatic heterocycles. The van der Waals surface area contributed by atoms with Gasteiger partial charge >= 0.3 is 0 Å². The monoisotopic (exact) mass is 406 g/mol. The van der Waals surface area contributed by atoms with Crippen LogP contribution in [-0.4, -0.2) is 38.3 Å². The molecular formula is C19H19ClN2O4S. The molecule has 0 atom stereocenters. The molecule has 0 bridgehead atoms. The van der Waals surface area contributed by atoms with E-state index in [1.165, 1.54) is 26.0 Å². The summed E-state index contributed by atoms with van der Waals surface area (Å²) in [5.41, 5.74) is 1.30. The third-order valence-corrected chi connectivity index (χ3v) is 5.46. The van der Waals surface area contributed by atoms with Gasteiger partial charge in [-0.2, -0.15) is 0 Å². The number of carbonyl (C=O) groups excluding carboxylic acids is 2. The van der Waals surface area contributed by atoms with Crippen molar-refractivity contribution < 1.29 is 19.1 Å². The van der Waals surface area contributed by atoms with Crippen LogP contribution in [0.1, 0.15) is 6.42 Å². The molecule has 142 valence electrons. The molecule has 0 saturated heterocycles. The van der Waals surface area contributed by atoms with Gasteiger partial charge in [0.1, 0.15) is 11.5 Å². The van der Waals surface area contributed by atoms with E-state index in [1.807, 2.05) is 24.3 Å². The number of para-hydroxylation sites is 1. The molecule has 6 nitrogen and oxygen atoms in total. The number of nitrogens with one attached hydrogen (secondary N) is 1. The molecule has 0 spiro atoms. The molecular weight excluding hydrogens is 388 g/mol. The van der Waals surface area contributed by atoms with Gasteiger partial charge in [-0.3, -0.25) is 9.59 Å². The smallest absolute Gasteiger partial charge is 0.237 e. The summed E-state index contributed by atoms with van der Waals surface area (Å²) < 4.78 is 10.4. The average molecular weight is 407 g/mol. The van der Waals surface area contributed by atoms with Crippen LogP contribution < -0.4 is 19.7 Å². The highest BCUT2D eigenvalue weighted by Gasteiger charge is 2.24. The van der Waals surface area contributed by atoms with Crippen LogP contribution in [0.3, 0.4) is 0 Å². The number of halogens is 1. The van der Waals surface area contributed by atoms with E-state index in [4.69, 9.17) is 21.1 Å². The molecule has 1 heterocycles. The van der Waals surface area contributed by atoms with Gasteiger partial charge in [-0.1, -0.05) is 23.7 Å². The van der Waals surface area contributed by atoms with Crippen molar-refractivity contribution in [3.8, 4) is 11.5 Å². The molecule has 1 aliphatic heterocycles. The zero-order chi connectivity index (χ0) is 19.4. The number of fused-ring (bicyclic) bond motifs is 1. The van der Waals surface area contributed by atoms with Gasteiger partial charge in [-0.15, -0.1) is 11.8 Å². The Kier molecular flexibility index (Phi) is 6.13. The van der Waals surface area contributed by atoms with Crippen LogP contribution in [0.5, 0.6) is 11.5 Å². The number of anilines is 2. The minimum Gasteiger partial charge on any atom is -0.495 e. The zero-order valence-corrected chi connectivity index (χ0v) is 16.5. The molecule has 2 amide bonds. The Morgan fingerprint density at radius 2 is 1.96 bits per heavy atom. The normalized spacial score (nSPS) is 13.1. The molecule has 1 N–H and O–H groups in total. The number of nitrogens with zero attached hydrogens (tertiary/aromatic N) is 1. The first-order valence-corrected chi connectivity index (χ1v) is 9.63. The van der Waals surface area contributed by atoms with Crippen LogP contribution in [-0.2, 0) is 9.59 Å². The van der Waals surface area contributed by atoms with E-state index in [-0.39, 0.29) is 18.2 Å². The molecule has 0 fully saturated rings. The lowest BCUT2D eigenvalue weighted by Gasteiger charge is -2.28. The highest BCUT2D eigenvalue weighted by atomic mass is 35.5. The summed E-state index contributed by atoms with van der Waals surface area (Å²) in [4.78, 5) is 27.4. The van der Waals surface area contributed by atoms with Crippen molar-refractivity contribution in [2.24, 2.45) is 0 Å². The molecule has 2 aromatic rings. The summed E-state index contributed by atoms with van der Waals surface area (Å²) in [6.07, 6.45) is 0.150. The maximum atomic E-state index is 12.4. The maximum Gasteiger partial charge on any atom is 0.237 e. The van der Waals surface area contributed by atoms with Crippen LogP contribution in [0.4, 0.5) is 11.4 Å². The number of benzene rings is 2. The number of amides is 2. The summed E-state index contributed by atoms with van der Waals surface area (Å²) >= 11 is 7.64. The van der Waals surface area contributed by atoms with Gasteiger partial charge in [0.15, 0.2) is 0 Å². The maximum absolute atomic E-state index is 12.4. The van der Waals surface area contributed by atoms with E-state index in [0.717, 1.165) is 10.6 Å². The number of hydrogen-bond donors (Lipinski definition) is 1. The molecule has 27 heavy (non-hydrogen) atoms. The van der Waals surface area contributed by atoms with Gasteiger partial charge in [0, 0.05) is 23.9 Å². The summed E-state index contributed by atoms with van der Waals surface area (Å²) in [5, 5.41) is 3.15. The molecule has 1 aliphatic rings. The average Bonchev–Trinajstić information content (AvgIpc) is 2.67. The SMILES string of the molecule is COc1cc(OC)c(NC(=O)CCN2C(=O)CSc3ccccc32)cc1Cl. The zero-order valence-electron chi connectivity index (χ0n) is 15.0. The Morgan fingerprint density at radius 3 is 2.70 bits per heavy atom. The second-order valence-corrected chi connectivity index (χ2v) is 7.21. The Morgan fingerprint density at radius 1 is 1.22 bits per heavy atom. The van der Waals surface area contributed by atoms with Gasteiger partial charge in [0.05, 0.1) is 36.4 Å². The van der Waals surface area contributed by atoms with Crippen molar-refractivity contribution in [1.82, 2.24) is 0 Å². The molecule has 3 rings (SSSR count). The van der Waals surface area contributed by atoms with Crippen molar-refractivity contribution in [3.05, 3.63) is 41.4 Å². The number of ether oxygens (including phenoxy) is 2. The van der Waals surface area contributed by atoms with Crippen molar-refractivity contribution in [1.29, 1.82) is 0 Å². The predicted octanol–water partition coefficient (Wildman–Crippen LogP) is 3.82. The van der Waals surface area contributed by atoms with Crippen molar-refractivity contribution in [2.45, 2.75) is 11.3 Å². The first kappa shape index (κ1) is 19.4. The summed E-state index contributed by atoms with van der Waals surface area (Å²) in [7, 11) is 3.00. The molecule has 2 aromatic carbocycles. The number of thioether (sulfide) groups is 1. The third kappa shape index (κ3) is 4.31. The van der Waals surface area contributed by atoms with E-state index in [0.29, 0.717) is 34.5 Å². The minimum absolute atomic E-state index is 0.00317. The number of methoxy groups -OCH3 is 2. The lowest BCUT2D eigenvalue weighted by atomic mass is 10.2. The van der Waals surface area contributed by atoms with E-state index in [1.54, 1.807) is 17.0 Å². The largest absolute Gasteiger partial charge is 0.495 e. The van der Waals surface area contributed by atoms with Crippen molar-refractivity contribution in [2.75, 3.05) is 36.7 Å². The molecule has 8 heteroatoms. The van der Waals surface area contributed by atoms with E-state index < -0.39 is 0 Å². The number of carbonyl (C=O) groups is 2. The Balaban J connectivity index is 1.69. The fourth-order valence-electron chi connectivity index (χ4n) is 2.78. The van der Waals surface area contributed by atoms with Gasteiger partial charge < -0.3 is 19.7 Å². The van der Waals surface area contributed by atoms with Crippen LogP contribution in [0, 0.1) is 0 Å². The molecule has 0 aliphatic carbocycles. The summed E-state index contributed by atoms with van der Waals surface area (Å²) in [5.74, 6) is 1.04. The Bertz CT molecular complexity index is 875. The first-order valence-electron chi connectivity index (χ1n) is 8.27. The van der Waals surface area contributed by atoms with Crippen molar-refractivity contribution >= 4 is 46.6 Å². The Labute approximate surface area is 166 Å². The summed E-state index contributed by atoms with van der Waals surface area (Å²) in [6.45, 7) is 0.300. The van der Waals surface area contributed by atoms with Crippen LogP contribution in [0.15, 0.2) is 41.3 Å². The van der Waals surface area contributed by atoms with Crippen LogP contribution in [0.2, 0.25) is 5.02 Å². The first-order chi connectivity index (χ1) is 13.0. The van der Waals surface area contributed by atoms with E-state index >= 15 is 0 Å². The summed E-state index contributed by atoms with van der Waals surface area (Å²) in [6, 6.07) is 10.9. The fraction of sp³-hybridized carbons (Fsp3) is 0.263. The highest BCUT2D eigenvalue weighted by Crippen LogP contribution is 2.37. The predicted molar refractivity (Wildman–Crippen MR) is 107 cm³/mol. The van der Waals surface area contributed by atoms with Gasteiger partial charge in [-0.05, 0) is 18.2 Å². The minimum atomic E-state index is -0.238. The fourth-order valence-corrected chi connectivity index (χ4v) is 3.96. The quantitative estimate of drug-likeness (QED) is 0.789. The van der Waals surface area contributed by atoms with Gasteiger partial charge in [0.25, 0.3) is 0 Å². The third-order valence-electron chi connectivity index (χ3n) is 4.12. The lowest BCUT2D eigenvalue weighted by Crippen LogP contribution is -2.37. The molecule has 0 saturated carbocycles. The lowest BCUT2D eigenvalue weighted by molar-refractivity contribution is -0.117. The number of hydrogen-bond acceptors (Lipinski definition) is 5. The van der Waals surface area contributed by atoms with Gasteiger partial charge in [-0.25, -0.2) is 0 Å². The highest BCUT2D eigenvalue weighted by molar-refractivity contribution is 8.00. The van der Waals surface area contributed by atoms with E-state index in [2.05, 4.69) is 5.32 Å². The van der Waals surface area contributed by atoms with Gasteiger partial charge in [0.2, 0.25) is 11.8 Å². The van der Waals surface area contributed by atoms with Crippen LogP contribution in [0.25, 0.3) is 0 Å². The standard InChI is InChI=1S/C19H19ClN2O4S/c1-25-15-10-16(26-2)13(9-12(15)20)21-18(23)7-8-22-14-5-3-4-6-17(14)27-11-19(22)24/h3-6,9-10H,7-8,11H2,1-2H3,(H,21,23). The molecule has 0 unspecified atom stereocenters. The topological polar surface area (TPSA) is 67.9 Å². The van der Waals surface area contributed by atoms with Crippen LogP contribution >= 0.6 is 23.4 Å². The van der Waals surface area contributed by atoms with Crippen molar-refractivity contribution in [3.63, 3.8) is 0 Å². The second kappa shape index (κ2) is 8.54. The Hall–Kier alpha value is -2.38. The number of rotatable bonds is 6.